The minimum atomic E-state index is -0.653. The molecule has 0 radical (unpaired) electrons. The summed E-state index contributed by atoms with van der Waals surface area (Å²) in [5.41, 5.74) is 2.64. The molecule has 0 saturated carbocycles. The number of methoxy groups -OCH3 is 1. The van der Waals surface area contributed by atoms with E-state index in [0.717, 1.165) is 15.4 Å². The lowest BCUT2D eigenvalue weighted by molar-refractivity contribution is 0.0278. The maximum atomic E-state index is 13.8. The monoisotopic (exact) mass is 523 g/mol. The van der Waals surface area contributed by atoms with Crippen molar-refractivity contribution in [2.75, 3.05) is 22.1 Å². The van der Waals surface area contributed by atoms with E-state index in [4.69, 9.17) is 4.74 Å². The van der Waals surface area contributed by atoms with Crippen molar-refractivity contribution in [3.05, 3.63) is 94.0 Å². The van der Waals surface area contributed by atoms with Crippen LogP contribution >= 0.6 is 0 Å². The van der Waals surface area contributed by atoms with Crippen LogP contribution in [0.2, 0.25) is 0 Å². The number of anilines is 3. The van der Waals surface area contributed by atoms with Gasteiger partial charge in [-0.3, -0.25) is 29.6 Å². The molecule has 6 rings (SSSR count). The number of benzene rings is 4. The Morgan fingerprint density at radius 2 is 1.13 bits per heavy atom. The van der Waals surface area contributed by atoms with E-state index in [-0.39, 0.29) is 55.4 Å². The lowest BCUT2D eigenvalue weighted by atomic mass is 9.85. The number of aryl methyl sites for hydroxylation is 2. The summed E-state index contributed by atoms with van der Waals surface area (Å²) in [6.07, 6.45) is 0. The zero-order valence-electron chi connectivity index (χ0n) is 21.1. The van der Waals surface area contributed by atoms with E-state index in [1.54, 1.807) is 31.2 Å². The van der Waals surface area contributed by atoms with Gasteiger partial charge in [0.15, 0.2) is 0 Å². The Morgan fingerprint density at radius 3 is 1.56 bits per heavy atom. The van der Waals surface area contributed by atoms with Crippen LogP contribution in [0, 0.1) is 13.8 Å². The average molecular weight is 524 g/mol. The molecular formula is C29H21N3O7. The van der Waals surface area contributed by atoms with Crippen LogP contribution in [0.15, 0.2) is 60.7 Å². The van der Waals surface area contributed by atoms with Crippen molar-refractivity contribution in [2.45, 2.75) is 13.8 Å². The maximum Gasteiger partial charge on any atom is 0.265 e. The highest BCUT2D eigenvalue weighted by Crippen LogP contribution is 2.42. The van der Waals surface area contributed by atoms with Gasteiger partial charge in [0.05, 0.1) is 18.5 Å². The van der Waals surface area contributed by atoms with E-state index < -0.39 is 23.6 Å². The van der Waals surface area contributed by atoms with E-state index >= 15 is 0 Å². The van der Waals surface area contributed by atoms with Crippen molar-refractivity contribution in [3.8, 4) is 5.75 Å². The van der Waals surface area contributed by atoms with Crippen LogP contribution in [-0.2, 0) is 0 Å². The minimum absolute atomic E-state index is 0.0182. The first-order valence-electron chi connectivity index (χ1n) is 11.9. The van der Waals surface area contributed by atoms with Gasteiger partial charge in [0, 0.05) is 39.1 Å². The molecule has 0 saturated heterocycles. The van der Waals surface area contributed by atoms with E-state index in [0.29, 0.717) is 11.3 Å². The van der Waals surface area contributed by atoms with Gasteiger partial charge in [0.1, 0.15) is 11.4 Å². The summed E-state index contributed by atoms with van der Waals surface area (Å²) < 4.78 is 5.23. The van der Waals surface area contributed by atoms with Crippen molar-refractivity contribution in [1.82, 2.24) is 0 Å². The number of hydrogen-bond acceptors (Lipinski definition) is 8. The molecule has 0 unspecified atom stereocenters. The summed E-state index contributed by atoms with van der Waals surface area (Å²) in [6.45, 7) is 3.51. The molecule has 0 atom stereocenters. The molecule has 4 aromatic rings. The number of carbonyl (C=O) groups is 4. The Balaban J connectivity index is 1.52. The molecule has 39 heavy (non-hydrogen) atoms. The predicted molar refractivity (Wildman–Crippen MR) is 141 cm³/mol. The zero-order valence-corrected chi connectivity index (χ0v) is 21.1. The first-order chi connectivity index (χ1) is 18.6. The second kappa shape index (κ2) is 8.48. The van der Waals surface area contributed by atoms with Gasteiger partial charge in [-0.25, -0.2) is 9.80 Å². The number of nitrogens with zero attached hydrogens (tertiary/aromatic N) is 3. The van der Waals surface area contributed by atoms with Crippen molar-refractivity contribution in [2.24, 2.45) is 0 Å². The molecule has 0 aromatic heterocycles. The largest absolute Gasteiger partial charge is 0.494 e. The zero-order chi connectivity index (χ0) is 27.7. The number of imide groups is 2. The van der Waals surface area contributed by atoms with Crippen LogP contribution in [0.1, 0.15) is 52.6 Å². The fraction of sp³-hybridized carbons (Fsp3) is 0.103. The van der Waals surface area contributed by atoms with Gasteiger partial charge in [-0.15, -0.1) is 5.23 Å². The van der Waals surface area contributed by atoms with E-state index in [2.05, 4.69) is 0 Å². The first-order valence-corrected chi connectivity index (χ1v) is 11.9. The van der Waals surface area contributed by atoms with Gasteiger partial charge in [-0.2, -0.15) is 0 Å². The highest BCUT2D eigenvalue weighted by molar-refractivity contribution is 6.42. The van der Waals surface area contributed by atoms with Gasteiger partial charge in [-0.1, -0.05) is 17.7 Å². The molecule has 2 aliphatic rings. The van der Waals surface area contributed by atoms with Crippen LogP contribution in [0.5, 0.6) is 5.75 Å². The molecule has 2 N–H and O–H groups in total. The van der Waals surface area contributed by atoms with Crippen LogP contribution in [0.4, 0.5) is 17.1 Å². The second-order valence-corrected chi connectivity index (χ2v) is 9.40. The fourth-order valence-corrected chi connectivity index (χ4v) is 5.24. The summed E-state index contributed by atoms with van der Waals surface area (Å²) in [5.74, 6) is -2.38. The van der Waals surface area contributed by atoms with E-state index in [1.165, 1.54) is 43.5 Å². The third-order valence-corrected chi connectivity index (χ3v) is 7.14. The van der Waals surface area contributed by atoms with E-state index in [1.807, 2.05) is 6.92 Å². The van der Waals surface area contributed by atoms with Crippen molar-refractivity contribution < 1.29 is 34.3 Å². The number of rotatable bonds is 4. The number of amides is 4. The van der Waals surface area contributed by atoms with Gasteiger partial charge < -0.3 is 4.74 Å². The molecule has 194 valence electrons. The number of ether oxygens (including phenoxy) is 1. The standard InChI is InChI=1S/C29H21N3O7/c1-14-4-6-16(7-5-14)30-26(33)17-8-10-19-25-20(11-9-18(24(17)25)27(30)34)29(36)31(28(19)35)21-13-23(39-3)22(32(37)38)12-15(21)2/h4-13,37-38H,1-3H3. The van der Waals surface area contributed by atoms with Crippen molar-refractivity contribution in [3.63, 3.8) is 0 Å². The van der Waals surface area contributed by atoms with Crippen molar-refractivity contribution in [1.29, 1.82) is 0 Å². The SMILES string of the molecule is COc1cc(N2C(=O)c3ccc4c5c(ccc(c35)C2=O)C(=O)N(c2ccc(C)cc2)C4=O)c(C)cc1N(O)O. The highest BCUT2D eigenvalue weighted by Gasteiger charge is 2.41. The summed E-state index contributed by atoms with van der Waals surface area (Å²) in [6, 6.07) is 15.7. The average Bonchev–Trinajstić information content (AvgIpc) is 2.92. The summed E-state index contributed by atoms with van der Waals surface area (Å²) in [7, 11) is 1.31. The third kappa shape index (κ3) is 3.36. The summed E-state index contributed by atoms with van der Waals surface area (Å²) in [5, 5.41) is 19.5. The van der Waals surface area contributed by atoms with Crippen molar-refractivity contribution >= 4 is 51.5 Å². The molecule has 0 aliphatic carbocycles. The quantitative estimate of drug-likeness (QED) is 0.292. The van der Waals surface area contributed by atoms with Gasteiger partial charge in [0.2, 0.25) is 0 Å². The second-order valence-electron chi connectivity index (χ2n) is 9.40. The van der Waals surface area contributed by atoms with Crippen LogP contribution in [0.3, 0.4) is 0 Å². The van der Waals surface area contributed by atoms with Crippen LogP contribution in [-0.4, -0.2) is 41.2 Å². The topological polar surface area (TPSA) is 128 Å². The molecule has 2 heterocycles. The molecule has 4 aromatic carbocycles. The van der Waals surface area contributed by atoms with Gasteiger partial charge >= 0.3 is 0 Å². The van der Waals surface area contributed by atoms with Gasteiger partial charge in [0.25, 0.3) is 23.6 Å². The first kappa shape index (κ1) is 24.3. The third-order valence-electron chi connectivity index (χ3n) is 7.14. The molecule has 10 nitrogen and oxygen atoms in total. The van der Waals surface area contributed by atoms with Gasteiger partial charge in [-0.05, 0) is 61.9 Å². The fourth-order valence-electron chi connectivity index (χ4n) is 5.24. The minimum Gasteiger partial charge on any atom is -0.494 e. The molecule has 4 amide bonds. The Bertz CT molecular complexity index is 1710. The molecule has 10 heteroatoms. The smallest absolute Gasteiger partial charge is 0.265 e. The highest BCUT2D eigenvalue weighted by atomic mass is 16.8. The normalized spacial score (nSPS) is 14.4. The molecule has 0 fully saturated rings. The Kier molecular flexibility index (Phi) is 5.28. The van der Waals surface area contributed by atoms with Crippen LogP contribution < -0.4 is 19.8 Å². The molecular weight excluding hydrogens is 502 g/mol. The Morgan fingerprint density at radius 1 is 0.667 bits per heavy atom. The number of hydrogen-bond donors (Lipinski definition) is 2. The van der Waals surface area contributed by atoms with Crippen LogP contribution in [0.25, 0.3) is 10.8 Å². The lowest BCUT2D eigenvalue weighted by Gasteiger charge is -2.32. The Labute approximate surface area is 221 Å². The molecule has 2 aliphatic heterocycles. The molecule has 0 bridgehead atoms. The van der Waals surface area contributed by atoms with E-state index in [9.17, 15) is 29.6 Å². The maximum absolute atomic E-state index is 13.8. The summed E-state index contributed by atoms with van der Waals surface area (Å²) >= 11 is 0. The Hall–Kier alpha value is -5.06. The molecule has 0 spiro atoms. The lowest BCUT2D eigenvalue weighted by Crippen LogP contribution is -2.43. The predicted octanol–water partition coefficient (Wildman–Crippen LogP) is 4.65. The number of carbonyl (C=O) groups excluding carboxylic acids is 4. The summed E-state index contributed by atoms with van der Waals surface area (Å²) in [4.78, 5) is 56.7.